The second-order valence-corrected chi connectivity index (χ2v) is 5.92. The molecule has 1 rings (SSSR count). The van der Waals surface area contributed by atoms with Gasteiger partial charge in [-0.1, -0.05) is 28.9 Å². The van der Waals surface area contributed by atoms with Gasteiger partial charge in [0.15, 0.2) is 0 Å². The summed E-state index contributed by atoms with van der Waals surface area (Å²) >= 11 is 3.30. The summed E-state index contributed by atoms with van der Waals surface area (Å²) in [6, 6.07) is 5.47. The van der Waals surface area contributed by atoms with Crippen molar-refractivity contribution in [2.45, 2.75) is 19.4 Å². The van der Waals surface area contributed by atoms with E-state index < -0.39 is 30.5 Å². The molecule has 0 aliphatic heterocycles. The topological polar surface area (TPSA) is 108 Å². The first-order valence-electron chi connectivity index (χ1n) is 7.32. The summed E-state index contributed by atoms with van der Waals surface area (Å²) in [6.45, 7) is 4.99. The van der Waals surface area contributed by atoms with Crippen LogP contribution in [0.3, 0.4) is 0 Å². The lowest BCUT2D eigenvalue weighted by Crippen LogP contribution is -2.52. The molecule has 4 N–H and O–H groups in total. The molecule has 7 nitrogen and oxygen atoms in total. The second kappa shape index (κ2) is 9.71. The fraction of sp³-hybridized carbons (Fsp3) is 0.312. The summed E-state index contributed by atoms with van der Waals surface area (Å²) in [5.74, 6) is -2.06. The van der Waals surface area contributed by atoms with Crippen LogP contribution in [-0.4, -0.2) is 35.6 Å². The Labute approximate surface area is 148 Å². The van der Waals surface area contributed by atoms with Crippen molar-refractivity contribution in [3.05, 3.63) is 41.4 Å². The monoisotopic (exact) mass is 397 g/mol. The van der Waals surface area contributed by atoms with Crippen LogP contribution >= 0.6 is 15.9 Å². The molecule has 1 aromatic rings. The number of carbonyl (C=O) groups is 3. The summed E-state index contributed by atoms with van der Waals surface area (Å²) in [7, 11) is 0. The van der Waals surface area contributed by atoms with Gasteiger partial charge in [0.2, 0.25) is 5.91 Å². The maximum Gasteiger partial charge on any atom is 0.322 e. The van der Waals surface area contributed by atoms with E-state index in [-0.39, 0.29) is 5.92 Å². The van der Waals surface area contributed by atoms with Crippen molar-refractivity contribution in [3.63, 3.8) is 0 Å². The minimum atomic E-state index is -1.16. The Balaban J connectivity index is 2.77. The second-order valence-electron chi connectivity index (χ2n) is 5.00. The summed E-state index contributed by atoms with van der Waals surface area (Å²) in [5.41, 5.74) is 0.562. The zero-order chi connectivity index (χ0) is 18.1. The third-order valence-corrected chi connectivity index (χ3v) is 3.82. The van der Waals surface area contributed by atoms with Gasteiger partial charge in [0.05, 0.1) is 0 Å². The largest absolute Gasteiger partial charge is 0.480 e. The van der Waals surface area contributed by atoms with Crippen LogP contribution in [0.15, 0.2) is 41.4 Å². The number of carbonyl (C=O) groups excluding carboxylic acids is 2. The molecule has 0 bridgehead atoms. The minimum absolute atomic E-state index is 0.325. The number of aliphatic carboxylic acids is 1. The van der Waals surface area contributed by atoms with Crippen LogP contribution < -0.4 is 16.0 Å². The summed E-state index contributed by atoms with van der Waals surface area (Å²) in [5, 5.41) is 16.1. The van der Waals surface area contributed by atoms with Crippen LogP contribution in [0, 0.1) is 5.92 Å². The number of amides is 3. The highest BCUT2D eigenvalue weighted by Crippen LogP contribution is 2.15. The molecule has 0 saturated heterocycles. The Hall–Kier alpha value is -2.35. The smallest absolute Gasteiger partial charge is 0.322 e. The molecular formula is C16H20BrN3O4. The number of rotatable bonds is 8. The molecule has 0 aliphatic rings. The molecular weight excluding hydrogens is 378 g/mol. The van der Waals surface area contributed by atoms with Crippen molar-refractivity contribution in [2.75, 3.05) is 11.9 Å². The van der Waals surface area contributed by atoms with E-state index in [4.69, 9.17) is 5.11 Å². The van der Waals surface area contributed by atoms with Gasteiger partial charge in [0.1, 0.15) is 12.6 Å². The quantitative estimate of drug-likeness (QED) is 0.504. The predicted molar refractivity (Wildman–Crippen MR) is 94.7 cm³/mol. The van der Waals surface area contributed by atoms with Crippen LogP contribution in [0.5, 0.6) is 0 Å². The van der Waals surface area contributed by atoms with Crippen LogP contribution in [0.2, 0.25) is 0 Å². The van der Waals surface area contributed by atoms with E-state index in [1.807, 2.05) is 6.92 Å². The highest BCUT2D eigenvalue weighted by molar-refractivity contribution is 9.10. The average Bonchev–Trinajstić information content (AvgIpc) is 2.54. The highest BCUT2D eigenvalue weighted by Gasteiger charge is 2.27. The molecule has 0 heterocycles. The van der Waals surface area contributed by atoms with Gasteiger partial charge in [-0.3, -0.25) is 9.59 Å². The molecule has 0 aliphatic carbocycles. The van der Waals surface area contributed by atoms with Crippen LogP contribution in [0.25, 0.3) is 0 Å². The van der Waals surface area contributed by atoms with Gasteiger partial charge in [0, 0.05) is 16.1 Å². The fourth-order valence-electron chi connectivity index (χ4n) is 2.02. The van der Waals surface area contributed by atoms with Gasteiger partial charge >= 0.3 is 12.0 Å². The van der Waals surface area contributed by atoms with Crippen molar-refractivity contribution in [1.82, 2.24) is 10.6 Å². The molecule has 24 heavy (non-hydrogen) atoms. The number of hydrogen-bond acceptors (Lipinski definition) is 3. The third kappa shape index (κ3) is 6.41. The first kappa shape index (κ1) is 19.7. The summed E-state index contributed by atoms with van der Waals surface area (Å²) in [6.07, 6.45) is 2.12. The zero-order valence-corrected chi connectivity index (χ0v) is 14.8. The molecule has 0 radical (unpaired) electrons. The molecule has 2 atom stereocenters. The summed E-state index contributed by atoms with van der Waals surface area (Å²) < 4.78 is 0.872. The van der Waals surface area contributed by atoms with Crippen molar-refractivity contribution in [1.29, 1.82) is 0 Å². The van der Waals surface area contributed by atoms with Crippen LogP contribution in [-0.2, 0) is 9.59 Å². The number of anilines is 1. The first-order valence-corrected chi connectivity index (χ1v) is 8.11. The van der Waals surface area contributed by atoms with E-state index >= 15 is 0 Å². The Morgan fingerprint density at radius 2 is 1.92 bits per heavy atom. The number of hydrogen-bond donors (Lipinski definition) is 4. The van der Waals surface area contributed by atoms with Crippen LogP contribution in [0.1, 0.15) is 13.3 Å². The third-order valence-electron chi connectivity index (χ3n) is 3.29. The van der Waals surface area contributed by atoms with Crippen molar-refractivity contribution in [2.24, 2.45) is 5.92 Å². The van der Waals surface area contributed by atoms with E-state index in [0.29, 0.717) is 12.1 Å². The van der Waals surface area contributed by atoms with Gasteiger partial charge in [-0.05, 0) is 30.7 Å². The van der Waals surface area contributed by atoms with Crippen molar-refractivity contribution < 1.29 is 19.5 Å². The standard InChI is InChI=1S/C16H20BrN3O4/c1-3-10(4-2)14(15(23)18-9-13(21)22)20-16(24)19-12-7-5-11(17)6-8-12/h3,5-8,10,14H,1,4,9H2,2H3,(H,18,23)(H,21,22)(H2,19,20,24)/t10-,14-/m0/s1. The SMILES string of the molecule is C=C[C@@H](CC)[C@H](NC(=O)Nc1ccc(Br)cc1)C(=O)NCC(=O)O. The molecule has 0 fully saturated rings. The van der Waals surface area contributed by atoms with E-state index in [9.17, 15) is 14.4 Å². The summed E-state index contributed by atoms with van der Waals surface area (Å²) in [4.78, 5) is 34.9. The van der Waals surface area contributed by atoms with E-state index in [0.717, 1.165) is 4.47 Å². The molecule has 3 amide bonds. The first-order chi connectivity index (χ1) is 11.4. The Morgan fingerprint density at radius 3 is 2.42 bits per heavy atom. The molecule has 0 saturated carbocycles. The molecule has 0 spiro atoms. The average molecular weight is 398 g/mol. The maximum absolute atomic E-state index is 12.2. The van der Waals surface area contributed by atoms with Crippen molar-refractivity contribution in [3.8, 4) is 0 Å². The predicted octanol–water partition coefficient (Wildman–Crippen LogP) is 2.35. The lowest BCUT2D eigenvalue weighted by Gasteiger charge is -2.24. The van der Waals surface area contributed by atoms with Crippen LogP contribution in [0.4, 0.5) is 10.5 Å². The van der Waals surface area contributed by atoms with Gasteiger partial charge in [-0.25, -0.2) is 4.79 Å². The molecule has 1 aromatic carbocycles. The number of carboxylic acids is 1. The minimum Gasteiger partial charge on any atom is -0.480 e. The number of halogens is 1. The molecule has 0 unspecified atom stereocenters. The maximum atomic E-state index is 12.2. The normalized spacial score (nSPS) is 12.6. The molecule has 8 heteroatoms. The Kier molecular flexibility index (Phi) is 7.97. The zero-order valence-electron chi connectivity index (χ0n) is 13.2. The van der Waals surface area contributed by atoms with E-state index in [2.05, 4.69) is 38.5 Å². The van der Waals surface area contributed by atoms with Gasteiger partial charge < -0.3 is 21.1 Å². The van der Waals surface area contributed by atoms with Gasteiger partial charge in [0.25, 0.3) is 0 Å². The van der Waals surface area contributed by atoms with E-state index in [1.54, 1.807) is 30.3 Å². The number of carboxylic acid groups (broad SMARTS) is 1. The van der Waals surface area contributed by atoms with Gasteiger partial charge in [-0.2, -0.15) is 0 Å². The lowest BCUT2D eigenvalue weighted by molar-refractivity contribution is -0.138. The molecule has 0 aromatic heterocycles. The Bertz CT molecular complexity index is 604. The lowest BCUT2D eigenvalue weighted by atomic mass is 9.96. The molecule has 130 valence electrons. The highest BCUT2D eigenvalue weighted by atomic mass is 79.9. The number of benzene rings is 1. The van der Waals surface area contributed by atoms with Gasteiger partial charge in [-0.15, -0.1) is 6.58 Å². The fourth-order valence-corrected chi connectivity index (χ4v) is 2.28. The number of urea groups is 1. The Morgan fingerprint density at radius 1 is 1.29 bits per heavy atom. The van der Waals surface area contributed by atoms with Crippen molar-refractivity contribution >= 4 is 39.5 Å². The van der Waals surface area contributed by atoms with E-state index in [1.165, 1.54) is 0 Å². The number of nitrogens with one attached hydrogen (secondary N) is 3.